The molecule has 0 aliphatic carbocycles. The number of azide groups is 1. The summed E-state index contributed by atoms with van der Waals surface area (Å²) in [7, 11) is 0. The number of aromatic nitrogens is 1. The largest absolute Gasteiger partial charge is 0.201 e. The Morgan fingerprint density at radius 3 is 2.61 bits per heavy atom. The van der Waals surface area contributed by atoms with Gasteiger partial charge >= 0.3 is 0 Å². The van der Waals surface area contributed by atoms with Crippen molar-refractivity contribution in [2.24, 2.45) is 5.11 Å². The summed E-state index contributed by atoms with van der Waals surface area (Å²) in [6.45, 7) is 4.48. The number of allylic oxidation sites excluding steroid dienone is 1. The first kappa shape index (κ1) is 11.9. The van der Waals surface area contributed by atoms with Crippen molar-refractivity contribution >= 4 is 5.69 Å². The Balaban J connectivity index is 2.42. The number of hydrogen-bond donors (Lipinski definition) is 0. The Labute approximate surface area is 105 Å². The Bertz CT molecular complexity index is 595. The molecular weight excluding hydrogens is 224 g/mol. The Hall–Kier alpha value is -2.58. The summed E-state index contributed by atoms with van der Waals surface area (Å²) in [5, 5.41) is 3.70. The predicted molar refractivity (Wildman–Crippen MR) is 71.1 cm³/mol. The molecule has 1 aromatic heterocycles. The highest BCUT2D eigenvalue weighted by molar-refractivity contribution is 5.75. The Kier molecular flexibility index (Phi) is 3.74. The van der Waals surface area contributed by atoms with Crippen LogP contribution >= 0.6 is 0 Å². The zero-order valence-corrected chi connectivity index (χ0v) is 9.90. The first-order valence-corrected chi connectivity index (χ1v) is 5.59. The number of hydrogen-bond acceptors (Lipinski definition) is 1. The zero-order chi connectivity index (χ0) is 12.8. The van der Waals surface area contributed by atoms with Crippen LogP contribution in [0.1, 0.15) is 0 Å². The second-order valence-corrected chi connectivity index (χ2v) is 3.78. The van der Waals surface area contributed by atoms with Gasteiger partial charge in [-0.25, -0.2) is 4.57 Å². The van der Waals surface area contributed by atoms with E-state index in [4.69, 9.17) is 5.53 Å². The smallest absolute Gasteiger partial charge is 0.169 e. The number of nitrogens with zero attached hydrogens (tertiary/aromatic N) is 4. The highest BCUT2D eigenvalue weighted by Gasteiger charge is 2.05. The van der Waals surface area contributed by atoms with E-state index in [1.54, 1.807) is 6.07 Å². The lowest BCUT2D eigenvalue weighted by molar-refractivity contribution is -0.686. The molecule has 0 aliphatic heterocycles. The molecule has 1 aromatic carbocycles. The third-order valence-corrected chi connectivity index (χ3v) is 2.60. The van der Waals surface area contributed by atoms with E-state index < -0.39 is 0 Å². The molecule has 2 rings (SSSR count). The molecule has 4 nitrogen and oxygen atoms in total. The fourth-order valence-electron chi connectivity index (χ4n) is 1.76. The Morgan fingerprint density at radius 2 is 1.94 bits per heavy atom. The van der Waals surface area contributed by atoms with E-state index in [1.807, 2.05) is 53.4 Å². The summed E-state index contributed by atoms with van der Waals surface area (Å²) >= 11 is 0. The molecule has 2 aromatic rings. The van der Waals surface area contributed by atoms with Crippen molar-refractivity contribution in [3.8, 4) is 11.1 Å². The molecule has 0 fully saturated rings. The van der Waals surface area contributed by atoms with E-state index in [0.717, 1.165) is 17.7 Å². The van der Waals surface area contributed by atoms with Crippen LogP contribution in [0.25, 0.3) is 21.6 Å². The van der Waals surface area contributed by atoms with Crippen molar-refractivity contribution in [3.05, 3.63) is 71.9 Å². The molecule has 0 spiro atoms. The third kappa shape index (κ3) is 2.56. The van der Waals surface area contributed by atoms with Crippen LogP contribution < -0.4 is 4.57 Å². The summed E-state index contributed by atoms with van der Waals surface area (Å²) in [6, 6.07) is 11.5. The zero-order valence-electron chi connectivity index (χ0n) is 9.90. The van der Waals surface area contributed by atoms with Gasteiger partial charge in [-0.15, -0.1) is 0 Å². The van der Waals surface area contributed by atoms with Crippen molar-refractivity contribution in [2.45, 2.75) is 6.54 Å². The molecule has 0 N–H and O–H groups in total. The minimum Gasteiger partial charge on any atom is -0.201 e. The second kappa shape index (κ2) is 5.66. The van der Waals surface area contributed by atoms with E-state index in [1.165, 1.54) is 0 Å². The minimum absolute atomic E-state index is 0.640. The fraction of sp³-hybridized carbons (Fsp3) is 0.0714. The van der Waals surface area contributed by atoms with Crippen LogP contribution in [0.3, 0.4) is 0 Å². The summed E-state index contributed by atoms with van der Waals surface area (Å²) in [5.41, 5.74) is 11.1. The second-order valence-electron chi connectivity index (χ2n) is 3.78. The lowest BCUT2D eigenvalue weighted by Crippen LogP contribution is -2.31. The van der Waals surface area contributed by atoms with Crippen molar-refractivity contribution in [1.82, 2.24) is 0 Å². The van der Waals surface area contributed by atoms with E-state index in [2.05, 4.69) is 16.6 Å². The molecule has 1 heterocycles. The molecule has 0 saturated heterocycles. The van der Waals surface area contributed by atoms with Gasteiger partial charge in [-0.2, -0.15) is 0 Å². The van der Waals surface area contributed by atoms with Crippen LogP contribution in [0, 0.1) is 0 Å². The maximum absolute atomic E-state index is 8.55. The Morgan fingerprint density at radius 1 is 1.22 bits per heavy atom. The van der Waals surface area contributed by atoms with E-state index in [-0.39, 0.29) is 0 Å². The van der Waals surface area contributed by atoms with Gasteiger partial charge in [-0.3, -0.25) is 0 Å². The number of pyridine rings is 1. The predicted octanol–water partition coefficient (Wildman–Crippen LogP) is 3.77. The first-order valence-electron chi connectivity index (χ1n) is 5.59. The van der Waals surface area contributed by atoms with E-state index >= 15 is 0 Å². The number of rotatable bonds is 4. The van der Waals surface area contributed by atoms with Crippen LogP contribution in [0.15, 0.2) is 66.6 Å². The molecule has 0 radical (unpaired) electrons. The minimum atomic E-state index is 0.640. The summed E-state index contributed by atoms with van der Waals surface area (Å²) in [5.74, 6) is 0. The van der Waals surface area contributed by atoms with Gasteiger partial charge in [0, 0.05) is 22.7 Å². The number of benzene rings is 1. The molecule has 0 bridgehead atoms. The van der Waals surface area contributed by atoms with Crippen molar-refractivity contribution < 1.29 is 4.57 Å². The normalized spacial score (nSPS) is 9.56. The average molecular weight is 237 g/mol. The maximum Gasteiger partial charge on any atom is 0.169 e. The summed E-state index contributed by atoms with van der Waals surface area (Å²) in [6.07, 6.45) is 5.79. The molecule has 18 heavy (non-hydrogen) atoms. The summed E-state index contributed by atoms with van der Waals surface area (Å²) < 4.78 is 2.02. The van der Waals surface area contributed by atoms with Gasteiger partial charge in [0.15, 0.2) is 18.9 Å². The highest BCUT2D eigenvalue weighted by atomic mass is 15.1. The maximum atomic E-state index is 8.55. The molecule has 0 atom stereocenters. The lowest BCUT2D eigenvalue weighted by atomic mass is 10.1. The van der Waals surface area contributed by atoms with Crippen LogP contribution in [0.2, 0.25) is 0 Å². The molecule has 4 heteroatoms. The van der Waals surface area contributed by atoms with Crippen LogP contribution in [-0.2, 0) is 6.54 Å². The van der Waals surface area contributed by atoms with E-state index in [9.17, 15) is 0 Å². The quantitative estimate of drug-likeness (QED) is 0.255. The first-order chi connectivity index (χ1) is 8.85. The molecular formula is C14H13N4+. The van der Waals surface area contributed by atoms with Crippen molar-refractivity contribution in [2.75, 3.05) is 0 Å². The molecule has 88 valence electrons. The van der Waals surface area contributed by atoms with Crippen LogP contribution in [-0.4, -0.2) is 0 Å². The summed E-state index contributed by atoms with van der Waals surface area (Å²) in [4.78, 5) is 2.85. The average Bonchev–Trinajstić information content (AvgIpc) is 2.41. The van der Waals surface area contributed by atoms with Gasteiger partial charge in [-0.1, -0.05) is 36.0 Å². The molecule has 0 aliphatic rings. The fourth-order valence-corrected chi connectivity index (χ4v) is 1.76. The van der Waals surface area contributed by atoms with Gasteiger partial charge in [-0.05, 0) is 22.7 Å². The van der Waals surface area contributed by atoms with Crippen LogP contribution in [0.5, 0.6) is 0 Å². The monoisotopic (exact) mass is 237 g/mol. The van der Waals surface area contributed by atoms with Crippen molar-refractivity contribution in [3.63, 3.8) is 0 Å². The van der Waals surface area contributed by atoms with Gasteiger partial charge in [0.25, 0.3) is 0 Å². The van der Waals surface area contributed by atoms with Gasteiger partial charge in [0.2, 0.25) is 0 Å². The lowest BCUT2D eigenvalue weighted by Gasteiger charge is -2.03. The SMILES string of the molecule is C=CC[n+]1ccc(-c2ccccc2N=[N+]=[N-])cc1. The molecule has 0 amide bonds. The topological polar surface area (TPSA) is 52.6 Å². The van der Waals surface area contributed by atoms with E-state index in [0.29, 0.717) is 5.69 Å². The third-order valence-electron chi connectivity index (χ3n) is 2.60. The standard InChI is InChI=1S/C14H13N4/c1-2-9-18-10-7-12(8-11-18)13-5-3-4-6-14(13)16-17-15/h2-8,10-11H,1,9H2/q+1. The molecule has 0 unspecified atom stereocenters. The highest BCUT2D eigenvalue weighted by Crippen LogP contribution is 2.29. The van der Waals surface area contributed by atoms with Crippen molar-refractivity contribution in [1.29, 1.82) is 0 Å². The van der Waals surface area contributed by atoms with Gasteiger partial charge in [0.1, 0.15) is 0 Å². The molecule has 0 saturated carbocycles. The van der Waals surface area contributed by atoms with Gasteiger partial charge in [0.05, 0.1) is 0 Å². The van der Waals surface area contributed by atoms with Gasteiger partial charge < -0.3 is 0 Å². The van der Waals surface area contributed by atoms with Crippen LogP contribution in [0.4, 0.5) is 5.69 Å².